The van der Waals surface area contributed by atoms with E-state index in [0.717, 1.165) is 37.1 Å². The van der Waals surface area contributed by atoms with Crippen LogP contribution in [0.1, 0.15) is 32.1 Å². The second-order valence-corrected chi connectivity index (χ2v) is 4.49. The molecule has 5 heteroatoms. The SMILES string of the molecule is OCC=Cc1cccc(CC2CCCC(O)O2)n1.[H-].[Na+]. The van der Waals surface area contributed by atoms with E-state index in [9.17, 15) is 5.11 Å². The van der Waals surface area contributed by atoms with Crippen LogP contribution in [-0.4, -0.2) is 34.2 Å². The van der Waals surface area contributed by atoms with E-state index >= 15 is 0 Å². The van der Waals surface area contributed by atoms with Crippen LogP contribution in [0.15, 0.2) is 24.3 Å². The van der Waals surface area contributed by atoms with Crippen LogP contribution in [0.3, 0.4) is 0 Å². The van der Waals surface area contributed by atoms with Gasteiger partial charge in [-0.1, -0.05) is 12.1 Å². The molecule has 2 heterocycles. The Morgan fingerprint density at radius 2 is 2.26 bits per heavy atom. The standard InChI is InChI=1S/C14H19NO3.Na.H/c16-9-3-6-11-4-1-5-12(15-11)10-13-7-2-8-14(17)18-13;;/h1,3-6,13-14,16-17H,2,7-10H2;;/q;+1;-1. The Morgan fingerprint density at radius 3 is 3.00 bits per heavy atom. The van der Waals surface area contributed by atoms with Gasteiger partial charge in [-0.05, 0) is 37.5 Å². The first-order valence-electron chi connectivity index (χ1n) is 6.35. The summed E-state index contributed by atoms with van der Waals surface area (Å²) >= 11 is 0. The maximum atomic E-state index is 9.45. The van der Waals surface area contributed by atoms with Crippen LogP contribution >= 0.6 is 0 Å². The maximum absolute atomic E-state index is 9.45. The van der Waals surface area contributed by atoms with Gasteiger partial charge in [0.15, 0.2) is 6.29 Å². The molecule has 0 radical (unpaired) electrons. The molecule has 1 saturated heterocycles. The molecule has 1 aromatic rings. The molecule has 100 valence electrons. The summed E-state index contributed by atoms with van der Waals surface area (Å²) in [5, 5.41) is 18.2. The fourth-order valence-electron chi connectivity index (χ4n) is 2.14. The minimum Gasteiger partial charge on any atom is -1.00 e. The minimum absolute atomic E-state index is 0. The summed E-state index contributed by atoms with van der Waals surface area (Å²) in [4.78, 5) is 4.47. The molecule has 0 spiro atoms. The van der Waals surface area contributed by atoms with Crippen LogP contribution in [0.25, 0.3) is 6.08 Å². The van der Waals surface area contributed by atoms with Crippen LogP contribution in [0.4, 0.5) is 0 Å². The molecule has 4 nitrogen and oxygen atoms in total. The Bertz CT molecular complexity index is 417. The van der Waals surface area contributed by atoms with Crippen molar-refractivity contribution in [2.45, 2.75) is 38.1 Å². The van der Waals surface area contributed by atoms with Gasteiger partial charge < -0.3 is 16.4 Å². The predicted molar refractivity (Wildman–Crippen MR) is 69.9 cm³/mol. The van der Waals surface area contributed by atoms with Crippen molar-refractivity contribution >= 4 is 6.08 Å². The Balaban J connectivity index is 0.00000180. The summed E-state index contributed by atoms with van der Waals surface area (Å²) in [6, 6.07) is 5.80. The Morgan fingerprint density at radius 1 is 1.42 bits per heavy atom. The Kier molecular flexibility index (Phi) is 7.83. The molecule has 1 aromatic heterocycles. The Hall–Kier alpha value is -0.230. The van der Waals surface area contributed by atoms with Crippen LogP contribution in [-0.2, 0) is 11.2 Å². The van der Waals surface area contributed by atoms with E-state index in [4.69, 9.17) is 9.84 Å². The van der Waals surface area contributed by atoms with Crippen molar-refractivity contribution in [3.63, 3.8) is 0 Å². The number of pyridine rings is 1. The number of aromatic nitrogens is 1. The largest absolute Gasteiger partial charge is 1.00 e. The molecule has 19 heavy (non-hydrogen) atoms. The molecule has 2 rings (SSSR count). The zero-order valence-corrected chi connectivity index (χ0v) is 13.3. The first-order valence-corrected chi connectivity index (χ1v) is 6.35. The number of hydrogen-bond acceptors (Lipinski definition) is 4. The van der Waals surface area contributed by atoms with E-state index in [1.165, 1.54) is 0 Å². The van der Waals surface area contributed by atoms with E-state index in [0.29, 0.717) is 0 Å². The summed E-state index contributed by atoms with van der Waals surface area (Å²) in [6.45, 7) is 0.0177. The van der Waals surface area contributed by atoms with E-state index in [1.54, 1.807) is 12.2 Å². The van der Waals surface area contributed by atoms with Gasteiger partial charge in [0.25, 0.3) is 0 Å². The first-order chi connectivity index (χ1) is 8.78. The van der Waals surface area contributed by atoms with E-state index < -0.39 is 6.29 Å². The van der Waals surface area contributed by atoms with Crippen molar-refractivity contribution in [3.05, 3.63) is 35.7 Å². The van der Waals surface area contributed by atoms with Crippen molar-refractivity contribution in [2.24, 2.45) is 0 Å². The van der Waals surface area contributed by atoms with E-state index in [2.05, 4.69) is 4.98 Å². The second-order valence-electron chi connectivity index (χ2n) is 4.49. The van der Waals surface area contributed by atoms with Gasteiger partial charge in [-0.15, -0.1) is 0 Å². The molecule has 2 atom stereocenters. The van der Waals surface area contributed by atoms with Crippen LogP contribution in [0.2, 0.25) is 0 Å². The normalized spacial score (nSPS) is 23.3. The quantitative estimate of drug-likeness (QED) is 0.665. The summed E-state index contributed by atoms with van der Waals surface area (Å²) < 4.78 is 5.47. The molecule has 1 aliphatic rings. The van der Waals surface area contributed by atoms with Gasteiger partial charge in [0.1, 0.15) is 0 Å². The van der Waals surface area contributed by atoms with Gasteiger partial charge in [-0.2, -0.15) is 0 Å². The average molecular weight is 273 g/mol. The minimum atomic E-state index is -0.624. The smallest absolute Gasteiger partial charge is 1.00 e. The third-order valence-corrected chi connectivity index (χ3v) is 2.99. The monoisotopic (exact) mass is 273 g/mol. The van der Waals surface area contributed by atoms with Crippen molar-refractivity contribution in [1.29, 1.82) is 0 Å². The summed E-state index contributed by atoms with van der Waals surface area (Å²) in [5.74, 6) is 0. The van der Waals surface area contributed by atoms with Crippen LogP contribution in [0.5, 0.6) is 0 Å². The second kappa shape index (κ2) is 8.84. The van der Waals surface area contributed by atoms with Crippen molar-refractivity contribution in [1.82, 2.24) is 4.98 Å². The molecule has 1 fully saturated rings. The Labute approximate surface area is 137 Å². The molecule has 2 N–H and O–H groups in total. The third-order valence-electron chi connectivity index (χ3n) is 2.99. The van der Waals surface area contributed by atoms with Crippen molar-refractivity contribution < 1.29 is 45.9 Å². The van der Waals surface area contributed by atoms with Gasteiger partial charge in [0, 0.05) is 12.1 Å². The molecule has 0 aliphatic carbocycles. The zero-order chi connectivity index (χ0) is 12.8. The fourth-order valence-corrected chi connectivity index (χ4v) is 2.14. The molecule has 0 bridgehead atoms. The fraction of sp³-hybridized carbons (Fsp3) is 0.500. The zero-order valence-electron chi connectivity index (χ0n) is 12.3. The molecule has 1 aliphatic heterocycles. The van der Waals surface area contributed by atoms with Crippen molar-refractivity contribution in [3.8, 4) is 0 Å². The van der Waals surface area contributed by atoms with Gasteiger partial charge in [-0.25, -0.2) is 0 Å². The van der Waals surface area contributed by atoms with Gasteiger partial charge in [-0.3, -0.25) is 4.98 Å². The van der Waals surface area contributed by atoms with Crippen molar-refractivity contribution in [2.75, 3.05) is 6.61 Å². The van der Waals surface area contributed by atoms with Gasteiger partial charge in [0.2, 0.25) is 0 Å². The number of hydrogen-bond donors (Lipinski definition) is 2. The predicted octanol–water partition coefficient (Wildman–Crippen LogP) is -1.37. The molecule has 0 aromatic carbocycles. The molecular formula is C14H20NNaO3. The van der Waals surface area contributed by atoms with Gasteiger partial charge in [0.05, 0.1) is 18.4 Å². The number of nitrogens with zero attached hydrogens (tertiary/aromatic N) is 1. The maximum Gasteiger partial charge on any atom is 1.00 e. The summed E-state index contributed by atoms with van der Waals surface area (Å²) in [6.07, 6.45) is 6.29. The molecule has 0 amide bonds. The topological polar surface area (TPSA) is 62.6 Å². The van der Waals surface area contributed by atoms with E-state index in [1.807, 2.05) is 18.2 Å². The number of rotatable bonds is 4. The van der Waals surface area contributed by atoms with Gasteiger partial charge >= 0.3 is 29.6 Å². The molecule has 0 saturated carbocycles. The first kappa shape index (κ1) is 16.8. The molecule has 2 unspecified atom stereocenters. The van der Waals surface area contributed by atoms with Crippen LogP contribution < -0.4 is 29.6 Å². The average Bonchev–Trinajstić information content (AvgIpc) is 2.37. The number of aliphatic hydroxyl groups excluding tert-OH is 2. The van der Waals surface area contributed by atoms with Crippen LogP contribution in [0, 0.1) is 0 Å². The summed E-state index contributed by atoms with van der Waals surface area (Å²) in [5.41, 5.74) is 1.78. The molecular weight excluding hydrogens is 253 g/mol. The number of aliphatic hydroxyl groups is 2. The summed E-state index contributed by atoms with van der Waals surface area (Å²) in [7, 11) is 0. The third kappa shape index (κ3) is 5.73. The van der Waals surface area contributed by atoms with E-state index in [-0.39, 0.29) is 43.7 Å². The number of ether oxygens (including phenoxy) is 1.